The number of hydrogen-bond acceptors (Lipinski definition) is 4. The quantitative estimate of drug-likeness (QED) is 0.435. The van der Waals surface area contributed by atoms with E-state index in [1.165, 1.54) is 0 Å². The first-order chi connectivity index (χ1) is 5.77. The number of nitrogens with one attached hydrogen (secondary N) is 1. The lowest BCUT2D eigenvalue weighted by Crippen LogP contribution is -2.17. The molecule has 0 unspecified atom stereocenters. The number of allylic oxidation sites excluding steroid dienone is 3. The lowest BCUT2D eigenvalue weighted by Gasteiger charge is -2.08. The minimum atomic E-state index is 0.0832. The van der Waals surface area contributed by atoms with Gasteiger partial charge >= 0.3 is 0 Å². The molecule has 1 heterocycles. The molecule has 2 rings (SSSR count). The fourth-order valence-electron chi connectivity index (χ4n) is 1.09. The first-order valence-electron chi connectivity index (χ1n) is 3.50. The third-order valence-corrected chi connectivity index (χ3v) is 1.76. The van der Waals surface area contributed by atoms with E-state index >= 15 is 0 Å². The highest BCUT2D eigenvalue weighted by Gasteiger charge is 2.18. The van der Waals surface area contributed by atoms with Crippen LogP contribution in [0.3, 0.4) is 0 Å². The molecule has 5 nitrogen and oxygen atoms in total. The first kappa shape index (κ1) is 6.90. The second-order valence-corrected chi connectivity index (χ2v) is 2.57. The van der Waals surface area contributed by atoms with Crippen molar-refractivity contribution >= 4 is 11.5 Å². The van der Waals surface area contributed by atoms with Crippen molar-refractivity contribution in [1.82, 2.24) is 0 Å². The van der Waals surface area contributed by atoms with Gasteiger partial charge in [-0.3, -0.25) is 5.41 Å². The summed E-state index contributed by atoms with van der Waals surface area (Å²) in [7, 11) is 0. The second kappa shape index (κ2) is 2.37. The van der Waals surface area contributed by atoms with Gasteiger partial charge in [-0.2, -0.15) is 0 Å². The third-order valence-electron chi connectivity index (χ3n) is 1.76. The second-order valence-electron chi connectivity index (χ2n) is 2.57. The lowest BCUT2D eigenvalue weighted by molar-refractivity contribution is 1.09. The summed E-state index contributed by atoms with van der Waals surface area (Å²) >= 11 is 0. The van der Waals surface area contributed by atoms with Crippen molar-refractivity contribution in [3.8, 4) is 0 Å². The summed E-state index contributed by atoms with van der Waals surface area (Å²) in [5.41, 5.74) is 7.66. The predicted octanol–water partition coefficient (Wildman–Crippen LogP) is 0.958. The van der Waals surface area contributed by atoms with Crippen LogP contribution in [0.25, 0.3) is 0 Å². The molecule has 0 saturated carbocycles. The van der Waals surface area contributed by atoms with Crippen molar-refractivity contribution in [2.75, 3.05) is 0 Å². The van der Waals surface area contributed by atoms with E-state index in [1.54, 1.807) is 12.2 Å². The van der Waals surface area contributed by atoms with Crippen LogP contribution in [-0.4, -0.2) is 11.5 Å². The Kier molecular flexibility index (Phi) is 1.36. The van der Waals surface area contributed by atoms with E-state index < -0.39 is 0 Å². The third kappa shape index (κ3) is 0.952. The van der Waals surface area contributed by atoms with Gasteiger partial charge in [-0.1, -0.05) is 6.08 Å². The average Bonchev–Trinajstić information content (AvgIpc) is 2.49. The Balaban J connectivity index is 2.33. The van der Waals surface area contributed by atoms with Crippen LogP contribution in [0.15, 0.2) is 38.9 Å². The highest BCUT2D eigenvalue weighted by molar-refractivity contribution is 6.09. The van der Waals surface area contributed by atoms with Crippen LogP contribution in [-0.2, 0) is 0 Å². The van der Waals surface area contributed by atoms with Gasteiger partial charge in [-0.25, -0.2) is 0 Å². The van der Waals surface area contributed by atoms with Crippen molar-refractivity contribution in [2.45, 2.75) is 6.42 Å². The molecular formula is C7H7N5. The number of hydrogen-bond donors (Lipinski definition) is 2. The standard InChI is InChI=1S/C7H7N5/c8-7(9)4-1-2-5-6(3-4)11-12-10-5/h1-2H,3H2,(H3,8,9). The smallest absolute Gasteiger partial charge is 0.119 e. The van der Waals surface area contributed by atoms with Crippen molar-refractivity contribution in [2.24, 2.45) is 21.2 Å². The topological polar surface area (TPSA) is 87.0 Å². The van der Waals surface area contributed by atoms with Crippen LogP contribution in [0.5, 0.6) is 0 Å². The van der Waals surface area contributed by atoms with E-state index in [1.807, 2.05) is 0 Å². The average molecular weight is 161 g/mol. The largest absolute Gasteiger partial charge is 0.384 e. The summed E-state index contributed by atoms with van der Waals surface area (Å²) in [6, 6.07) is 0. The molecule has 0 fully saturated rings. The molecule has 5 heteroatoms. The van der Waals surface area contributed by atoms with Crippen LogP contribution < -0.4 is 5.73 Å². The van der Waals surface area contributed by atoms with Crippen molar-refractivity contribution in [3.63, 3.8) is 0 Å². The van der Waals surface area contributed by atoms with E-state index in [9.17, 15) is 0 Å². The van der Waals surface area contributed by atoms with Crippen molar-refractivity contribution in [3.05, 3.63) is 23.4 Å². The van der Waals surface area contributed by atoms with Gasteiger partial charge in [0.05, 0.1) is 5.71 Å². The van der Waals surface area contributed by atoms with Gasteiger partial charge in [0.15, 0.2) is 0 Å². The molecule has 0 amide bonds. The van der Waals surface area contributed by atoms with E-state index in [0.29, 0.717) is 6.42 Å². The highest BCUT2D eigenvalue weighted by Crippen LogP contribution is 2.21. The predicted molar refractivity (Wildman–Crippen MR) is 45.0 cm³/mol. The Hall–Kier alpha value is -1.78. The Labute approximate surface area is 68.9 Å². The Bertz CT molecular complexity index is 358. The molecule has 0 atom stereocenters. The number of nitrogens with two attached hydrogens (primary N) is 1. The molecule has 1 aliphatic carbocycles. The van der Waals surface area contributed by atoms with E-state index in [0.717, 1.165) is 17.0 Å². The fourth-order valence-corrected chi connectivity index (χ4v) is 1.09. The molecule has 0 aromatic carbocycles. The van der Waals surface area contributed by atoms with Gasteiger partial charge in [-0.05, 0) is 16.9 Å². The van der Waals surface area contributed by atoms with Gasteiger partial charge in [-0.15, -0.1) is 10.2 Å². The molecule has 0 spiro atoms. The Morgan fingerprint density at radius 1 is 1.50 bits per heavy atom. The van der Waals surface area contributed by atoms with E-state index in [-0.39, 0.29) is 5.84 Å². The summed E-state index contributed by atoms with van der Waals surface area (Å²) in [4.78, 5) is 0. The van der Waals surface area contributed by atoms with E-state index in [2.05, 4.69) is 15.4 Å². The van der Waals surface area contributed by atoms with Crippen molar-refractivity contribution < 1.29 is 0 Å². The zero-order chi connectivity index (χ0) is 8.55. The molecular weight excluding hydrogens is 154 g/mol. The molecule has 0 saturated heterocycles. The minimum absolute atomic E-state index is 0.0832. The maximum Gasteiger partial charge on any atom is 0.119 e. The maximum absolute atomic E-state index is 7.20. The number of nitrogens with zero attached hydrogens (tertiary/aromatic N) is 3. The van der Waals surface area contributed by atoms with E-state index in [4.69, 9.17) is 11.1 Å². The molecule has 1 aliphatic heterocycles. The minimum Gasteiger partial charge on any atom is -0.384 e. The summed E-state index contributed by atoms with van der Waals surface area (Å²) in [6.07, 6.45) is 4.12. The lowest BCUT2D eigenvalue weighted by atomic mass is 10.0. The molecule has 2 aliphatic rings. The summed E-state index contributed by atoms with van der Waals surface area (Å²) < 4.78 is 0. The molecule has 0 radical (unpaired) electrons. The maximum atomic E-state index is 7.20. The summed E-state index contributed by atoms with van der Waals surface area (Å²) in [6.45, 7) is 0. The molecule has 0 aromatic rings. The molecule has 0 bridgehead atoms. The van der Waals surface area contributed by atoms with Crippen LogP contribution >= 0.6 is 0 Å². The molecule has 3 N–H and O–H groups in total. The molecule has 0 aromatic heterocycles. The number of fused-ring (bicyclic) bond motifs is 1. The van der Waals surface area contributed by atoms with Gasteiger partial charge in [0, 0.05) is 6.42 Å². The van der Waals surface area contributed by atoms with Crippen LogP contribution in [0.1, 0.15) is 6.42 Å². The summed E-state index contributed by atoms with van der Waals surface area (Å²) in [5.74, 6) is 0.0832. The van der Waals surface area contributed by atoms with Crippen LogP contribution in [0, 0.1) is 5.41 Å². The molecule has 60 valence electrons. The number of rotatable bonds is 1. The zero-order valence-corrected chi connectivity index (χ0v) is 6.28. The zero-order valence-electron chi connectivity index (χ0n) is 6.28. The van der Waals surface area contributed by atoms with Gasteiger partial charge in [0.1, 0.15) is 11.5 Å². The van der Waals surface area contributed by atoms with Gasteiger partial charge in [0.25, 0.3) is 0 Å². The Morgan fingerprint density at radius 2 is 2.33 bits per heavy atom. The number of amidine groups is 1. The Morgan fingerprint density at radius 3 is 3.08 bits per heavy atom. The van der Waals surface area contributed by atoms with Crippen LogP contribution in [0.4, 0.5) is 0 Å². The highest BCUT2D eigenvalue weighted by atomic mass is 15.4. The summed E-state index contributed by atoms with van der Waals surface area (Å²) in [5, 5.41) is 18.3. The normalized spacial score (nSPS) is 19.5. The van der Waals surface area contributed by atoms with Gasteiger partial charge < -0.3 is 5.73 Å². The fraction of sp³-hybridized carbons (Fsp3) is 0.143. The van der Waals surface area contributed by atoms with Crippen molar-refractivity contribution in [1.29, 1.82) is 5.41 Å². The first-order valence-corrected chi connectivity index (χ1v) is 3.50. The monoisotopic (exact) mass is 161 g/mol. The SMILES string of the molecule is N=C(N)C1=CC=C2N=NN=C2C1. The van der Waals surface area contributed by atoms with Gasteiger partial charge in [0.2, 0.25) is 0 Å². The molecule has 12 heavy (non-hydrogen) atoms. The van der Waals surface area contributed by atoms with Crippen LogP contribution in [0.2, 0.25) is 0 Å².